The molecular formula is C13H19NO2. The number of likely N-dealkylation sites (N-methyl/N-ethyl adjacent to an activating group) is 1. The normalized spacial score (nSPS) is 12.8. The molecule has 0 radical (unpaired) electrons. The van der Waals surface area contributed by atoms with E-state index in [2.05, 4.69) is 19.2 Å². The summed E-state index contributed by atoms with van der Waals surface area (Å²) in [4.78, 5) is 10.7. The number of nitrogens with one attached hydrogen (secondary N) is 1. The van der Waals surface area contributed by atoms with Crippen molar-refractivity contribution in [3.8, 4) is 0 Å². The van der Waals surface area contributed by atoms with Gasteiger partial charge >= 0.3 is 5.97 Å². The number of carboxylic acid groups (broad SMARTS) is 1. The van der Waals surface area contributed by atoms with Crippen molar-refractivity contribution in [2.75, 3.05) is 13.6 Å². The van der Waals surface area contributed by atoms with Gasteiger partial charge in [0.1, 0.15) is 0 Å². The van der Waals surface area contributed by atoms with Gasteiger partial charge in [-0.2, -0.15) is 0 Å². The van der Waals surface area contributed by atoms with Crippen LogP contribution in [0.1, 0.15) is 35.7 Å². The fourth-order valence-corrected chi connectivity index (χ4v) is 1.83. The lowest BCUT2D eigenvalue weighted by Gasteiger charge is -2.21. The molecule has 0 amide bonds. The van der Waals surface area contributed by atoms with Gasteiger partial charge in [-0.25, -0.2) is 4.79 Å². The average Bonchev–Trinajstić information content (AvgIpc) is 2.25. The first-order valence-electron chi connectivity index (χ1n) is 5.54. The van der Waals surface area contributed by atoms with Crippen molar-refractivity contribution in [2.45, 2.75) is 19.8 Å². The van der Waals surface area contributed by atoms with Crippen molar-refractivity contribution in [2.24, 2.45) is 5.92 Å². The maximum atomic E-state index is 10.7. The van der Waals surface area contributed by atoms with Crippen LogP contribution in [0.15, 0.2) is 24.3 Å². The van der Waals surface area contributed by atoms with E-state index in [1.807, 2.05) is 19.2 Å². The van der Waals surface area contributed by atoms with E-state index in [0.717, 1.165) is 6.54 Å². The Balaban J connectivity index is 2.89. The molecule has 0 heterocycles. The third kappa shape index (κ3) is 3.07. The summed E-state index contributed by atoms with van der Waals surface area (Å²) in [6.45, 7) is 5.25. The molecule has 88 valence electrons. The lowest BCUT2D eigenvalue weighted by Crippen LogP contribution is -2.21. The number of carboxylic acids is 1. The van der Waals surface area contributed by atoms with Crippen LogP contribution in [0.3, 0.4) is 0 Å². The highest BCUT2D eigenvalue weighted by Crippen LogP contribution is 2.23. The smallest absolute Gasteiger partial charge is 0.335 e. The van der Waals surface area contributed by atoms with Crippen LogP contribution in [0, 0.1) is 5.92 Å². The SMILES string of the molecule is CNCC(c1ccc(C(=O)O)cc1)C(C)C. The van der Waals surface area contributed by atoms with Crippen molar-refractivity contribution < 1.29 is 9.90 Å². The van der Waals surface area contributed by atoms with E-state index >= 15 is 0 Å². The third-order valence-corrected chi connectivity index (χ3v) is 2.81. The molecule has 3 nitrogen and oxygen atoms in total. The molecule has 0 fully saturated rings. The van der Waals surface area contributed by atoms with Gasteiger partial charge in [0.05, 0.1) is 5.56 Å². The van der Waals surface area contributed by atoms with Crippen molar-refractivity contribution in [1.29, 1.82) is 0 Å². The summed E-state index contributed by atoms with van der Waals surface area (Å²) in [5, 5.41) is 12.0. The summed E-state index contributed by atoms with van der Waals surface area (Å²) in [6, 6.07) is 7.16. The van der Waals surface area contributed by atoms with E-state index < -0.39 is 5.97 Å². The van der Waals surface area contributed by atoms with Crippen LogP contribution in [0.4, 0.5) is 0 Å². The number of carbonyl (C=O) groups is 1. The fraction of sp³-hybridized carbons (Fsp3) is 0.462. The number of hydrogen-bond acceptors (Lipinski definition) is 2. The predicted molar refractivity (Wildman–Crippen MR) is 64.9 cm³/mol. The van der Waals surface area contributed by atoms with Gasteiger partial charge in [0.2, 0.25) is 0 Å². The van der Waals surface area contributed by atoms with Gasteiger partial charge in [-0.15, -0.1) is 0 Å². The van der Waals surface area contributed by atoms with Crippen LogP contribution < -0.4 is 5.32 Å². The number of hydrogen-bond donors (Lipinski definition) is 2. The Bertz CT molecular complexity index is 343. The van der Waals surface area contributed by atoms with Gasteiger partial charge in [0.15, 0.2) is 0 Å². The Kier molecular flexibility index (Phi) is 4.50. The monoisotopic (exact) mass is 221 g/mol. The zero-order valence-corrected chi connectivity index (χ0v) is 10.0. The minimum absolute atomic E-state index is 0.343. The highest BCUT2D eigenvalue weighted by atomic mass is 16.4. The fourth-order valence-electron chi connectivity index (χ4n) is 1.83. The largest absolute Gasteiger partial charge is 0.478 e. The summed E-state index contributed by atoms with van der Waals surface area (Å²) in [7, 11) is 1.93. The highest BCUT2D eigenvalue weighted by molar-refractivity contribution is 5.87. The van der Waals surface area contributed by atoms with Gasteiger partial charge in [0.25, 0.3) is 0 Å². The molecule has 1 aromatic rings. The van der Waals surface area contributed by atoms with Gasteiger partial charge < -0.3 is 10.4 Å². The highest BCUT2D eigenvalue weighted by Gasteiger charge is 2.15. The minimum Gasteiger partial charge on any atom is -0.478 e. The molecule has 16 heavy (non-hydrogen) atoms. The zero-order chi connectivity index (χ0) is 12.1. The summed E-state index contributed by atoms with van der Waals surface area (Å²) in [5.41, 5.74) is 1.53. The maximum Gasteiger partial charge on any atom is 0.335 e. The average molecular weight is 221 g/mol. The van der Waals surface area contributed by atoms with Crippen molar-refractivity contribution in [3.05, 3.63) is 35.4 Å². The molecule has 2 N–H and O–H groups in total. The van der Waals surface area contributed by atoms with Gasteiger partial charge in [-0.05, 0) is 36.6 Å². The van der Waals surface area contributed by atoms with Crippen LogP contribution in [-0.4, -0.2) is 24.7 Å². The summed E-state index contributed by atoms with van der Waals surface area (Å²) < 4.78 is 0. The maximum absolute atomic E-state index is 10.7. The second-order valence-electron chi connectivity index (χ2n) is 4.34. The van der Waals surface area contributed by atoms with Crippen LogP contribution in [0.2, 0.25) is 0 Å². The van der Waals surface area contributed by atoms with Crippen LogP contribution in [0.5, 0.6) is 0 Å². The Morgan fingerprint density at radius 1 is 1.31 bits per heavy atom. The topological polar surface area (TPSA) is 49.3 Å². The van der Waals surface area contributed by atoms with E-state index in [-0.39, 0.29) is 0 Å². The Labute approximate surface area is 96.5 Å². The Hall–Kier alpha value is -1.35. The summed E-state index contributed by atoms with van der Waals surface area (Å²) in [6.07, 6.45) is 0. The van der Waals surface area contributed by atoms with Crippen molar-refractivity contribution in [1.82, 2.24) is 5.32 Å². The van der Waals surface area contributed by atoms with Crippen molar-refractivity contribution in [3.63, 3.8) is 0 Å². The molecule has 0 spiro atoms. The van der Waals surface area contributed by atoms with Crippen LogP contribution in [-0.2, 0) is 0 Å². The zero-order valence-electron chi connectivity index (χ0n) is 10.0. The third-order valence-electron chi connectivity index (χ3n) is 2.81. The molecule has 0 aromatic heterocycles. The molecule has 3 heteroatoms. The number of aromatic carboxylic acids is 1. The summed E-state index contributed by atoms with van der Waals surface area (Å²) in [5.74, 6) is 0.0808. The first-order valence-corrected chi connectivity index (χ1v) is 5.54. The number of rotatable bonds is 5. The van der Waals surface area contributed by atoms with Crippen LogP contribution >= 0.6 is 0 Å². The lowest BCUT2D eigenvalue weighted by atomic mass is 9.88. The van der Waals surface area contributed by atoms with Gasteiger partial charge in [0, 0.05) is 6.54 Å². The van der Waals surface area contributed by atoms with Crippen molar-refractivity contribution >= 4 is 5.97 Å². The van der Waals surface area contributed by atoms with E-state index in [1.54, 1.807) is 12.1 Å². The molecule has 1 unspecified atom stereocenters. The Morgan fingerprint density at radius 3 is 2.25 bits per heavy atom. The molecular weight excluding hydrogens is 202 g/mol. The molecule has 1 rings (SSSR count). The lowest BCUT2D eigenvalue weighted by molar-refractivity contribution is 0.0697. The standard InChI is InChI=1S/C13H19NO2/c1-9(2)12(8-14-3)10-4-6-11(7-5-10)13(15)16/h4-7,9,12,14H,8H2,1-3H3,(H,15,16). The molecule has 0 aliphatic heterocycles. The first-order chi connectivity index (χ1) is 7.56. The molecule has 1 atom stereocenters. The predicted octanol–water partition coefficient (Wildman–Crippen LogP) is 2.34. The minimum atomic E-state index is -0.874. The molecule has 0 aliphatic rings. The van der Waals surface area contributed by atoms with Gasteiger partial charge in [-0.3, -0.25) is 0 Å². The van der Waals surface area contributed by atoms with Crippen LogP contribution in [0.25, 0.3) is 0 Å². The molecule has 0 saturated carbocycles. The molecule has 0 bridgehead atoms. The quantitative estimate of drug-likeness (QED) is 0.802. The second-order valence-corrected chi connectivity index (χ2v) is 4.34. The van der Waals surface area contributed by atoms with E-state index in [4.69, 9.17) is 5.11 Å². The Morgan fingerprint density at radius 2 is 1.88 bits per heavy atom. The number of benzene rings is 1. The van der Waals surface area contributed by atoms with E-state index in [9.17, 15) is 4.79 Å². The second kappa shape index (κ2) is 5.66. The molecule has 1 aromatic carbocycles. The van der Waals surface area contributed by atoms with E-state index in [1.165, 1.54) is 5.56 Å². The molecule has 0 saturated heterocycles. The van der Waals surface area contributed by atoms with Gasteiger partial charge in [-0.1, -0.05) is 26.0 Å². The van der Waals surface area contributed by atoms with E-state index in [0.29, 0.717) is 17.4 Å². The summed E-state index contributed by atoms with van der Waals surface area (Å²) >= 11 is 0. The first kappa shape index (κ1) is 12.7. The molecule has 0 aliphatic carbocycles.